The predicted molar refractivity (Wildman–Crippen MR) is 112 cm³/mol. The highest BCUT2D eigenvalue weighted by molar-refractivity contribution is 5.95. The van der Waals surface area contributed by atoms with Gasteiger partial charge in [0.1, 0.15) is 11.6 Å². The Balaban J connectivity index is 0.000000254. The first kappa shape index (κ1) is 22.6. The van der Waals surface area contributed by atoms with Crippen LogP contribution in [-0.4, -0.2) is 15.3 Å². The van der Waals surface area contributed by atoms with Crippen molar-refractivity contribution in [3.8, 4) is 0 Å². The zero-order valence-corrected chi connectivity index (χ0v) is 17.5. The number of carbonyl (C=O) groups is 1. The summed E-state index contributed by atoms with van der Waals surface area (Å²) in [5.41, 5.74) is 3.64. The lowest BCUT2D eigenvalue weighted by atomic mass is 10.1. The van der Waals surface area contributed by atoms with Gasteiger partial charge in [0.15, 0.2) is 5.78 Å². The number of hydrogen-bond donors (Lipinski definition) is 0. The van der Waals surface area contributed by atoms with Crippen LogP contribution in [0.5, 0.6) is 0 Å². The van der Waals surface area contributed by atoms with Gasteiger partial charge >= 0.3 is 0 Å². The highest BCUT2D eigenvalue weighted by Crippen LogP contribution is 2.20. The van der Waals surface area contributed by atoms with Gasteiger partial charge < -0.3 is 4.57 Å². The number of ketones is 1. The molecular formula is C23H31FN2O. The Kier molecular flexibility index (Phi) is 8.86. The van der Waals surface area contributed by atoms with Crippen LogP contribution < -0.4 is 0 Å². The second kappa shape index (κ2) is 10.6. The van der Waals surface area contributed by atoms with Crippen molar-refractivity contribution in [2.75, 3.05) is 0 Å². The van der Waals surface area contributed by atoms with Gasteiger partial charge in [-0.3, -0.25) is 4.79 Å². The number of rotatable bonds is 3. The van der Waals surface area contributed by atoms with Crippen molar-refractivity contribution < 1.29 is 9.18 Å². The maximum atomic E-state index is 12.6. The number of aryl methyl sites for hydroxylation is 2. The minimum atomic E-state index is -0.360. The van der Waals surface area contributed by atoms with E-state index >= 15 is 0 Å². The summed E-state index contributed by atoms with van der Waals surface area (Å²) in [6.45, 7) is 13.8. The molecule has 0 saturated heterocycles. The summed E-state index contributed by atoms with van der Waals surface area (Å²) in [5, 5.41) is 0. The van der Waals surface area contributed by atoms with Crippen LogP contribution >= 0.6 is 0 Å². The molecule has 2 aromatic carbocycles. The molecule has 0 spiro atoms. The topological polar surface area (TPSA) is 34.9 Å². The van der Waals surface area contributed by atoms with Crippen LogP contribution in [0.25, 0.3) is 11.0 Å². The molecule has 0 fully saturated rings. The summed E-state index contributed by atoms with van der Waals surface area (Å²) < 4.78 is 14.9. The molecule has 0 aliphatic rings. The number of carbonyl (C=O) groups excluding carboxylic acids is 1. The third-order valence-corrected chi connectivity index (χ3v) is 4.08. The highest BCUT2D eigenvalue weighted by atomic mass is 19.1. The van der Waals surface area contributed by atoms with Crippen molar-refractivity contribution >= 4 is 16.8 Å². The fourth-order valence-corrected chi connectivity index (χ4v) is 2.89. The normalized spacial score (nSPS) is 10.1. The van der Waals surface area contributed by atoms with Gasteiger partial charge in [-0.25, -0.2) is 9.37 Å². The molecule has 0 bridgehead atoms. The van der Waals surface area contributed by atoms with Gasteiger partial charge in [-0.1, -0.05) is 39.0 Å². The number of para-hydroxylation sites is 2. The fourth-order valence-electron chi connectivity index (χ4n) is 2.89. The molecule has 1 aromatic heterocycles. The number of fused-ring (bicyclic) bond motifs is 1. The summed E-state index contributed by atoms with van der Waals surface area (Å²) in [6.07, 6.45) is 0.993. The molecule has 4 heteroatoms. The summed E-state index contributed by atoms with van der Waals surface area (Å²) in [4.78, 5) is 15.5. The average Bonchev–Trinajstić information content (AvgIpc) is 3.04. The summed E-state index contributed by atoms with van der Waals surface area (Å²) in [7, 11) is 0. The lowest BCUT2D eigenvalue weighted by Gasteiger charge is -2.11. The third kappa shape index (κ3) is 5.75. The van der Waals surface area contributed by atoms with E-state index in [0.717, 1.165) is 17.5 Å². The average molecular weight is 371 g/mol. The van der Waals surface area contributed by atoms with Crippen molar-refractivity contribution in [3.63, 3.8) is 0 Å². The van der Waals surface area contributed by atoms with Gasteiger partial charge in [-0.05, 0) is 57.5 Å². The zero-order valence-electron chi connectivity index (χ0n) is 17.5. The summed E-state index contributed by atoms with van der Waals surface area (Å²) in [5.74, 6) is 0.726. The molecule has 3 nitrogen and oxygen atoms in total. The summed E-state index contributed by atoms with van der Waals surface area (Å²) in [6, 6.07) is 13.0. The van der Waals surface area contributed by atoms with E-state index in [1.54, 1.807) is 13.0 Å². The standard InChI is InChI=1S/C12H16N2.C9H9FO.C2H6/c1-4-12-13-10-7-5-6-8-11(10)14(12)9(2)3;1-6-3-4-8(10)5-9(6)7(2)11;1-2/h5-9H,4H2,1-3H3;3-5H,1-2H3;1-2H3. The second-order valence-electron chi connectivity index (χ2n) is 6.35. The Morgan fingerprint density at radius 3 is 2.30 bits per heavy atom. The Bertz CT molecular complexity index is 881. The fraction of sp³-hybridized carbons (Fsp3) is 0.391. The van der Waals surface area contributed by atoms with E-state index in [1.807, 2.05) is 19.9 Å². The third-order valence-electron chi connectivity index (χ3n) is 4.08. The number of aromatic nitrogens is 2. The second-order valence-corrected chi connectivity index (χ2v) is 6.35. The van der Waals surface area contributed by atoms with Crippen molar-refractivity contribution in [1.29, 1.82) is 0 Å². The molecule has 27 heavy (non-hydrogen) atoms. The largest absolute Gasteiger partial charge is 0.325 e. The number of Topliss-reactive ketones (excluding diaryl/α,β-unsaturated/α-hetero) is 1. The first-order valence-electron chi connectivity index (χ1n) is 9.58. The number of hydrogen-bond acceptors (Lipinski definition) is 2. The quantitative estimate of drug-likeness (QED) is 0.490. The molecule has 146 valence electrons. The molecule has 3 aromatic rings. The number of nitrogens with zero attached hydrogens (tertiary/aromatic N) is 2. The molecule has 0 aliphatic heterocycles. The van der Waals surface area contributed by atoms with Gasteiger partial charge in [0.25, 0.3) is 0 Å². The van der Waals surface area contributed by atoms with Crippen LogP contribution in [0, 0.1) is 12.7 Å². The van der Waals surface area contributed by atoms with E-state index in [4.69, 9.17) is 0 Å². The summed E-state index contributed by atoms with van der Waals surface area (Å²) >= 11 is 0. The molecule has 0 saturated carbocycles. The van der Waals surface area contributed by atoms with Crippen molar-refractivity contribution in [3.05, 3.63) is 65.2 Å². The van der Waals surface area contributed by atoms with Gasteiger partial charge in [0, 0.05) is 18.0 Å². The van der Waals surface area contributed by atoms with E-state index in [0.29, 0.717) is 11.6 Å². The molecule has 0 amide bonds. The van der Waals surface area contributed by atoms with Gasteiger partial charge in [-0.15, -0.1) is 0 Å². The number of benzene rings is 2. The Morgan fingerprint density at radius 2 is 1.78 bits per heavy atom. The lowest BCUT2D eigenvalue weighted by molar-refractivity contribution is 0.101. The minimum absolute atomic E-state index is 0.0954. The molecule has 0 atom stereocenters. The SMILES string of the molecule is CC.CC(=O)c1cc(F)ccc1C.CCc1nc2ccccc2n1C(C)C. The van der Waals surface area contributed by atoms with E-state index < -0.39 is 0 Å². The van der Waals surface area contributed by atoms with E-state index in [2.05, 4.69) is 48.5 Å². The molecule has 0 unspecified atom stereocenters. The van der Waals surface area contributed by atoms with Gasteiger partial charge in [0.2, 0.25) is 0 Å². The first-order valence-corrected chi connectivity index (χ1v) is 9.58. The predicted octanol–water partition coefficient (Wildman–Crippen LogP) is 6.54. The van der Waals surface area contributed by atoms with E-state index in [1.165, 1.54) is 30.4 Å². The molecule has 1 heterocycles. The highest BCUT2D eigenvalue weighted by Gasteiger charge is 2.10. The van der Waals surface area contributed by atoms with Crippen LogP contribution in [0.1, 0.15) is 69.3 Å². The minimum Gasteiger partial charge on any atom is -0.325 e. The maximum Gasteiger partial charge on any atom is 0.160 e. The van der Waals surface area contributed by atoms with Crippen LogP contribution in [0.2, 0.25) is 0 Å². The number of halogens is 1. The number of imidazole rings is 1. The molecule has 0 radical (unpaired) electrons. The van der Waals surface area contributed by atoms with E-state index in [9.17, 15) is 9.18 Å². The lowest BCUT2D eigenvalue weighted by Crippen LogP contribution is -2.04. The molecule has 3 rings (SSSR count). The van der Waals surface area contributed by atoms with Crippen LogP contribution in [0.15, 0.2) is 42.5 Å². The maximum absolute atomic E-state index is 12.6. The van der Waals surface area contributed by atoms with Crippen molar-refractivity contribution in [2.45, 2.75) is 60.9 Å². The van der Waals surface area contributed by atoms with Gasteiger partial charge in [0.05, 0.1) is 11.0 Å². The smallest absolute Gasteiger partial charge is 0.160 e. The van der Waals surface area contributed by atoms with Crippen LogP contribution in [0.3, 0.4) is 0 Å². The van der Waals surface area contributed by atoms with Crippen molar-refractivity contribution in [1.82, 2.24) is 9.55 Å². The van der Waals surface area contributed by atoms with Gasteiger partial charge in [-0.2, -0.15) is 0 Å². The molecular weight excluding hydrogens is 339 g/mol. The zero-order chi connectivity index (χ0) is 20.6. The Labute approximate surface area is 162 Å². The van der Waals surface area contributed by atoms with Crippen LogP contribution in [0.4, 0.5) is 4.39 Å². The Hall–Kier alpha value is -2.49. The molecule has 0 aliphatic carbocycles. The molecule has 0 N–H and O–H groups in total. The first-order chi connectivity index (χ1) is 12.8. The van der Waals surface area contributed by atoms with E-state index in [-0.39, 0.29) is 11.6 Å². The van der Waals surface area contributed by atoms with Crippen molar-refractivity contribution in [2.24, 2.45) is 0 Å². The van der Waals surface area contributed by atoms with Crippen LogP contribution in [-0.2, 0) is 6.42 Å². The Morgan fingerprint density at radius 1 is 1.15 bits per heavy atom. The monoisotopic (exact) mass is 370 g/mol.